The van der Waals surface area contributed by atoms with E-state index in [0.717, 1.165) is 5.69 Å². The Morgan fingerprint density at radius 3 is 2.78 bits per heavy atom. The lowest BCUT2D eigenvalue weighted by Crippen LogP contribution is -1.88. The first-order valence-electron chi connectivity index (χ1n) is 2.57. The number of aldehydes is 1. The van der Waals surface area contributed by atoms with Crippen molar-refractivity contribution in [2.75, 3.05) is 0 Å². The van der Waals surface area contributed by atoms with E-state index in [1.165, 1.54) is 6.33 Å². The molecule has 0 fully saturated rings. The third kappa shape index (κ3) is 1.32. The molecule has 0 aromatic carbocycles. The molecule has 0 radical (unpaired) electrons. The molecule has 3 nitrogen and oxygen atoms in total. The third-order valence-corrected chi connectivity index (χ3v) is 0.946. The molecule has 0 amide bonds. The van der Waals surface area contributed by atoms with E-state index in [1.807, 2.05) is 6.92 Å². The van der Waals surface area contributed by atoms with Crippen LogP contribution in [-0.2, 0) is 0 Å². The highest BCUT2D eigenvalue weighted by molar-refractivity contribution is 5.71. The molecule has 0 bridgehead atoms. The van der Waals surface area contributed by atoms with Crippen LogP contribution in [0, 0.1) is 6.92 Å². The van der Waals surface area contributed by atoms with Gasteiger partial charge in [-0.2, -0.15) is 0 Å². The van der Waals surface area contributed by atoms with Gasteiger partial charge in [-0.3, -0.25) is 4.79 Å². The lowest BCUT2D eigenvalue weighted by atomic mass is 10.4. The maximum Gasteiger partial charge on any atom is 0.168 e. The molecule has 1 aromatic heterocycles. The monoisotopic (exact) mass is 122 g/mol. The van der Waals surface area contributed by atoms with Gasteiger partial charge >= 0.3 is 0 Å². The Labute approximate surface area is 52.8 Å². The van der Waals surface area contributed by atoms with Crippen molar-refractivity contribution >= 4 is 6.29 Å². The Morgan fingerprint density at radius 1 is 1.56 bits per heavy atom. The summed E-state index contributed by atoms with van der Waals surface area (Å²) < 4.78 is 0. The smallest absolute Gasteiger partial charge is 0.168 e. The lowest BCUT2D eigenvalue weighted by Gasteiger charge is -1.88. The van der Waals surface area contributed by atoms with E-state index in [4.69, 9.17) is 0 Å². The van der Waals surface area contributed by atoms with Gasteiger partial charge in [0, 0.05) is 5.69 Å². The standard InChI is InChI=1S/C6H6N2O/c1-5-2-6(3-9)8-4-7-5/h2-4H,1H3. The number of carbonyl (C=O) groups is 1. The maximum absolute atomic E-state index is 10.1. The van der Waals surface area contributed by atoms with Crippen molar-refractivity contribution in [3.8, 4) is 0 Å². The van der Waals surface area contributed by atoms with Crippen LogP contribution < -0.4 is 0 Å². The minimum Gasteiger partial charge on any atom is -0.296 e. The van der Waals surface area contributed by atoms with E-state index in [2.05, 4.69) is 9.97 Å². The molecule has 0 spiro atoms. The van der Waals surface area contributed by atoms with Gasteiger partial charge < -0.3 is 0 Å². The zero-order valence-electron chi connectivity index (χ0n) is 5.03. The predicted molar refractivity (Wildman–Crippen MR) is 32.2 cm³/mol. The van der Waals surface area contributed by atoms with Gasteiger partial charge in [0.15, 0.2) is 6.29 Å². The first-order chi connectivity index (χ1) is 4.33. The molecule has 0 saturated carbocycles. The SMILES string of the molecule is Cc1cc(C=O)ncn1. The molecule has 3 heteroatoms. The number of aromatic nitrogens is 2. The van der Waals surface area contributed by atoms with Gasteiger partial charge in [0.25, 0.3) is 0 Å². The van der Waals surface area contributed by atoms with E-state index in [1.54, 1.807) is 6.07 Å². The van der Waals surface area contributed by atoms with Crippen molar-refractivity contribution in [2.24, 2.45) is 0 Å². The van der Waals surface area contributed by atoms with Gasteiger partial charge in [-0.15, -0.1) is 0 Å². The van der Waals surface area contributed by atoms with Gasteiger partial charge in [-0.05, 0) is 13.0 Å². The third-order valence-electron chi connectivity index (χ3n) is 0.946. The molecule has 9 heavy (non-hydrogen) atoms. The molecule has 1 rings (SSSR count). The lowest BCUT2D eigenvalue weighted by molar-refractivity contribution is 0.111. The highest BCUT2D eigenvalue weighted by Gasteiger charge is 1.89. The molecule has 0 atom stereocenters. The second-order valence-corrected chi connectivity index (χ2v) is 1.70. The average Bonchev–Trinajstić information content (AvgIpc) is 1.88. The maximum atomic E-state index is 10.1. The van der Waals surface area contributed by atoms with Crippen LogP contribution in [0.3, 0.4) is 0 Å². The molecular formula is C6H6N2O. The van der Waals surface area contributed by atoms with E-state index in [9.17, 15) is 4.79 Å². The molecule has 1 heterocycles. The van der Waals surface area contributed by atoms with Gasteiger partial charge in [-0.1, -0.05) is 0 Å². The second-order valence-electron chi connectivity index (χ2n) is 1.70. The summed E-state index contributed by atoms with van der Waals surface area (Å²) in [6.45, 7) is 1.81. The van der Waals surface area contributed by atoms with Gasteiger partial charge in [-0.25, -0.2) is 9.97 Å². The largest absolute Gasteiger partial charge is 0.296 e. The molecule has 0 aliphatic carbocycles. The van der Waals surface area contributed by atoms with Gasteiger partial charge in [0.05, 0.1) is 0 Å². The quantitative estimate of drug-likeness (QED) is 0.512. The number of rotatable bonds is 1. The molecule has 0 N–H and O–H groups in total. The normalized spacial score (nSPS) is 9.00. The van der Waals surface area contributed by atoms with Crippen LogP contribution in [0.15, 0.2) is 12.4 Å². The van der Waals surface area contributed by atoms with Crippen LogP contribution in [0.1, 0.15) is 16.2 Å². The Kier molecular flexibility index (Phi) is 1.53. The average molecular weight is 122 g/mol. The van der Waals surface area contributed by atoms with Crippen LogP contribution in [-0.4, -0.2) is 16.3 Å². The predicted octanol–water partition coefficient (Wildman–Crippen LogP) is 0.598. The van der Waals surface area contributed by atoms with Crippen molar-refractivity contribution in [1.82, 2.24) is 9.97 Å². The first-order valence-corrected chi connectivity index (χ1v) is 2.57. The fourth-order valence-electron chi connectivity index (χ4n) is 0.540. The molecule has 0 aliphatic heterocycles. The van der Waals surface area contributed by atoms with Gasteiger partial charge in [0.1, 0.15) is 12.0 Å². The Hall–Kier alpha value is -1.25. The summed E-state index contributed by atoms with van der Waals surface area (Å²) in [6, 6.07) is 1.63. The number of carbonyl (C=O) groups excluding carboxylic acids is 1. The van der Waals surface area contributed by atoms with E-state index < -0.39 is 0 Å². The summed E-state index contributed by atoms with van der Waals surface area (Å²) in [7, 11) is 0. The fraction of sp³-hybridized carbons (Fsp3) is 0.167. The number of hydrogen-bond acceptors (Lipinski definition) is 3. The summed E-state index contributed by atoms with van der Waals surface area (Å²) >= 11 is 0. The van der Waals surface area contributed by atoms with Gasteiger partial charge in [0.2, 0.25) is 0 Å². The van der Waals surface area contributed by atoms with Crippen molar-refractivity contribution in [3.05, 3.63) is 23.8 Å². The highest BCUT2D eigenvalue weighted by Crippen LogP contribution is 1.90. The van der Waals surface area contributed by atoms with E-state index in [-0.39, 0.29) is 0 Å². The van der Waals surface area contributed by atoms with Crippen LogP contribution in [0.5, 0.6) is 0 Å². The minimum atomic E-state index is 0.433. The Balaban J connectivity index is 3.07. The van der Waals surface area contributed by atoms with Crippen LogP contribution in [0.4, 0.5) is 0 Å². The second kappa shape index (κ2) is 2.35. The van der Waals surface area contributed by atoms with Crippen LogP contribution in [0.25, 0.3) is 0 Å². The molecule has 0 unspecified atom stereocenters. The minimum absolute atomic E-state index is 0.433. The number of hydrogen-bond donors (Lipinski definition) is 0. The van der Waals surface area contributed by atoms with Crippen molar-refractivity contribution in [1.29, 1.82) is 0 Å². The molecule has 1 aromatic rings. The fourth-order valence-corrected chi connectivity index (χ4v) is 0.540. The summed E-state index contributed by atoms with van der Waals surface area (Å²) in [4.78, 5) is 17.6. The summed E-state index contributed by atoms with van der Waals surface area (Å²) in [6.07, 6.45) is 2.08. The summed E-state index contributed by atoms with van der Waals surface area (Å²) in [5.74, 6) is 0. The topological polar surface area (TPSA) is 42.9 Å². The zero-order valence-corrected chi connectivity index (χ0v) is 5.03. The molecule has 46 valence electrons. The summed E-state index contributed by atoms with van der Waals surface area (Å²) in [5, 5.41) is 0. The van der Waals surface area contributed by atoms with Crippen molar-refractivity contribution in [2.45, 2.75) is 6.92 Å². The molecule has 0 aliphatic rings. The molecular weight excluding hydrogens is 116 g/mol. The Morgan fingerprint density at radius 2 is 2.33 bits per heavy atom. The zero-order chi connectivity index (χ0) is 6.69. The number of nitrogens with zero attached hydrogens (tertiary/aromatic N) is 2. The van der Waals surface area contributed by atoms with Crippen LogP contribution >= 0.6 is 0 Å². The first kappa shape index (κ1) is 5.88. The Bertz CT molecular complexity index is 222. The van der Waals surface area contributed by atoms with E-state index in [0.29, 0.717) is 12.0 Å². The highest BCUT2D eigenvalue weighted by atomic mass is 16.1. The van der Waals surface area contributed by atoms with Crippen molar-refractivity contribution in [3.63, 3.8) is 0 Å². The summed E-state index contributed by atoms with van der Waals surface area (Å²) in [5.41, 5.74) is 1.25. The van der Waals surface area contributed by atoms with Crippen LogP contribution in [0.2, 0.25) is 0 Å². The van der Waals surface area contributed by atoms with E-state index >= 15 is 0 Å². The molecule has 0 saturated heterocycles. The van der Waals surface area contributed by atoms with Crippen molar-refractivity contribution < 1.29 is 4.79 Å². The number of aryl methyl sites for hydroxylation is 1.